The van der Waals surface area contributed by atoms with Gasteiger partial charge in [0.25, 0.3) is 0 Å². The molecule has 0 radical (unpaired) electrons. The van der Waals surface area contributed by atoms with Crippen molar-refractivity contribution in [3.63, 3.8) is 0 Å². The van der Waals surface area contributed by atoms with Gasteiger partial charge in [-0.3, -0.25) is 0 Å². The molecule has 0 unspecified atom stereocenters. The van der Waals surface area contributed by atoms with Crippen LogP contribution in [0.4, 0.5) is 5.69 Å². The summed E-state index contributed by atoms with van der Waals surface area (Å²) in [5, 5.41) is 13.7. The van der Waals surface area contributed by atoms with Crippen molar-refractivity contribution < 1.29 is 4.79 Å². The zero-order valence-electron chi connectivity index (χ0n) is 9.34. The predicted octanol–water partition coefficient (Wildman–Crippen LogP) is 2.11. The van der Waals surface area contributed by atoms with Gasteiger partial charge in [0.1, 0.15) is 18.0 Å². The maximum absolute atomic E-state index is 10.6. The van der Waals surface area contributed by atoms with E-state index >= 15 is 0 Å². The van der Waals surface area contributed by atoms with E-state index < -0.39 is 0 Å². The molecular weight excluding hydrogens is 214 g/mol. The monoisotopic (exact) mass is 225 g/mol. The van der Waals surface area contributed by atoms with E-state index in [1.54, 1.807) is 13.1 Å². The highest BCUT2D eigenvalue weighted by atomic mass is 16.1. The van der Waals surface area contributed by atoms with Crippen LogP contribution < -0.4 is 5.32 Å². The lowest BCUT2D eigenvalue weighted by atomic mass is 10.1. The fourth-order valence-electron chi connectivity index (χ4n) is 1.65. The van der Waals surface area contributed by atoms with Crippen LogP contribution in [0, 0.1) is 11.3 Å². The van der Waals surface area contributed by atoms with Crippen LogP contribution in [0.2, 0.25) is 0 Å². The summed E-state index contributed by atoms with van der Waals surface area (Å²) < 4.78 is 0. The molecule has 1 atom stereocenters. The molecule has 1 aromatic carbocycles. The standard InChI is InChI=1S/C13H11N3O/c1-9(8-17)16-11-2-3-12-10(6-11)4-5-15-13(12)7-14/h2-6,8-9,16H,1H3/t9-/m1/s1. The van der Waals surface area contributed by atoms with Crippen LogP contribution in [0.3, 0.4) is 0 Å². The molecule has 0 spiro atoms. The normalized spacial score (nSPS) is 11.8. The molecule has 0 aliphatic heterocycles. The summed E-state index contributed by atoms with van der Waals surface area (Å²) in [7, 11) is 0. The number of nitriles is 1. The third-order valence-electron chi connectivity index (χ3n) is 2.47. The van der Waals surface area contributed by atoms with Gasteiger partial charge < -0.3 is 10.1 Å². The highest BCUT2D eigenvalue weighted by Crippen LogP contribution is 2.21. The molecule has 0 saturated heterocycles. The Kier molecular flexibility index (Phi) is 3.01. The van der Waals surface area contributed by atoms with Crippen LogP contribution in [0.5, 0.6) is 0 Å². The number of carbonyl (C=O) groups is 1. The van der Waals surface area contributed by atoms with Gasteiger partial charge >= 0.3 is 0 Å². The van der Waals surface area contributed by atoms with E-state index in [0.29, 0.717) is 5.69 Å². The van der Waals surface area contributed by atoms with Crippen molar-refractivity contribution in [1.82, 2.24) is 4.98 Å². The van der Waals surface area contributed by atoms with Crippen molar-refractivity contribution in [3.8, 4) is 6.07 Å². The Bertz CT molecular complexity index is 601. The molecule has 1 heterocycles. The lowest BCUT2D eigenvalue weighted by Crippen LogP contribution is -2.15. The number of hydrogen-bond acceptors (Lipinski definition) is 4. The minimum Gasteiger partial charge on any atom is -0.376 e. The van der Waals surface area contributed by atoms with Crippen LogP contribution in [0.25, 0.3) is 10.8 Å². The molecule has 0 amide bonds. The molecule has 2 rings (SSSR count). The summed E-state index contributed by atoms with van der Waals surface area (Å²) in [5.41, 5.74) is 1.27. The van der Waals surface area contributed by atoms with Crippen molar-refractivity contribution in [2.45, 2.75) is 13.0 Å². The lowest BCUT2D eigenvalue weighted by molar-refractivity contribution is -0.108. The number of nitrogens with one attached hydrogen (secondary N) is 1. The number of benzene rings is 1. The van der Waals surface area contributed by atoms with Gasteiger partial charge in [-0.25, -0.2) is 4.98 Å². The number of nitrogens with zero attached hydrogens (tertiary/aromatic N) is 2. The molecule has 4 nitrogen and oxygen atoms in total. The van der Waals surface area contributed by atoms with Gasteiger partial charge in [0.2, 0.25) is 0 Å². The Morgan fingerprint density at radius 2 is 2.29 bits per heavy atom. The minimum atomic E-state index is -0.232. The summed E-state index contributed by atoms with van der Waals surface area (Å²) in [4.78, 5) is 14.6. The van der Waals surface area contributed by atoms with Crippen LogP contribution in [-0.2, 0) is 4.79 Å². The number of fused-ring (bicyclic) bond motifs is 1. The van der Waals surface area contributed by atoms with E-state index in [0.717, 1.165) is 22.7 Å². The van der Waals surface area contributed by atoms with E-state index in [9.17, 15) is 4.79 Å². The Hall–Kier alpha value is -2.41. The summed E-state index contributed by atoms with van der Waals surface area (Å²) in [6.45, 7) is 1.78. The van der Waals surface area contributed by atoms with Crippen molar-refractivity contribution in [2.75, 3.05) is 5.32 Å². The summed E-state index contributed by atoms with van der Waals surface area (Å²) >= 11 is 0. The Morgan fingerprint density at radius 1 is 1.47 bits per heavy atom. The van der Waals surface area contributed by atoms with Gasteiger partial charge in [-0.2, -0.15) is 5.26 Å². The predicted molar refractivity (Wildman–Crippen MR) is 65.6 cm³/mol. The maximum Gasteiger partial charge on any atom is 0.148 e. The first-order valence-corrected chi connectivity index (χ1v) is 5.25. The molecule has 4 heteroatoms. The number of anilines is 1. The molecule has 0 fully saturated rings. The zero-order chi connectivity index (χ0) is 12.3. The van der Waals surface area contributed by atoms with E-state index in [1.165, 1.54) is 0 Å². The van der Waals surface area contributed by atoms with Crippen molar-refractivity contribution in [2.24, 2.45) is 0 Å². The second-order valence-corrected chi connectivity index (χ2v) is 3.78. The summed E-state index contributed by atoms with van der Waals surface area (Å²) in [6.07, 6.45) is 2.45. The average Bonchev–Trinajstić information content (AvgIpc) is 2.37. The van der Waals surface area contributed by atoms with Crippen LogP contribution >= 0.6 is 0 Å². The first kappa shape index (κ1) is 11.1. The number of rotatable bonds is 3. The van der Waals surface area contributed by atoms with Crippen LogP contribution in [0.1, 0.15) is 12.6 Å². The van der Waals surface area contributed by atoms with Gasteiger partial charge in [0.15, 0.2) is 0 Å². The second kappa shape index (κ2) is 4.62. The third kappa shape index (κ3) is 2.23. The fraction of sp³-hybridized carbons (Fsp3) is 0.154. The van der Waals surface area contributed by atoms with Gasteiger partial charge in [-0.05, 0) is 36.6 Å². The third-order valence-corrected chi connectivity index (χ3v) is 2.47. The van der Waals surface area contributed by atoms with Gasteiger partial charge in [-0.15, -0.1) is 0 Å². The Morgan fingerprint density at radius 3 is 3.00 bits per heavy atom. The maximum atomic E-state index is 10.6. The highest BCUT2D eigenvalue weighted by Gasteiger charge is 2.04. The fourth-order valence-corrected chi connectivity index (χ4v) is 1.65. The smallest absolute Gasteiger partial charge is 0.148 e. The lowest BCUT2D eigenvalue weighted by Gasteiger charge is -2.09. The molecule has 1 N–H and O–H groups in total. The average molecular weight is 225 g/mol. The van der Waals surface area contributed by atoms with Gasteiger partial charge in [-0.1, -0.05) is 0 Å². The topological polar surface area (TPSA) is 65.8 Å². The van der Waals surface area contributed by atoms with E-state index in [-0.39, 0.29) is 6.04 Å². The number of aldehydes is 1. The highest BCUT2D eigenvalue weighted by molar-refractivity contribution is 5.89. The van der Waals surface area contributed by atoms with Crippen molar-refractivity contribution in [1.29, 1.82) is 5.26 Å². The summed E-state index contributed by atoms with van der Waals surface area (Å²) in [5.74, 6) is 0. The minimum absolute atomic E-state index is 0.232. The second-order valence-electron chi connectivity index (χ2n) is 3.78. The Balaban J connectivity index is 2.45. The summed E-state index contributed by atoms with van der Waals surface area (Å²) in [6, 6.07) is 9.24. The number of pyridine rings is 1. The largest absolute Gasteiger partial charge is 0.376 e. The molecule has 1 aromatic heterocycles. The molecule has 84 valence electrons. The molecule has 2 aromatic rings. The van der Waals surface area contributed by atoms with Crippen LogP contribution in [-0.4, -0.2) is 17.3 Å². The van der Waals surface area contributed by atoms with Gasteiger partial charge in [0.05, 0.1) is 6.04 Å². The van der Waals surface area contributed by atoms with Crippen LogP contribution in [0.15, 0.2) is 30.5 Å². The first-order chi connectivity index (χ1) is 8.24. The molecule has 0 saturated carbocycles. The number of aromatic nitrogens is 1. The van der Waals surface area contributed by atoms with Crippen molar-refractivity contribution >= 4 is 22.7 Å². The number of hydrogen-bond donors (Lipinski definition) is 1. The zero-order valence-corrected chi connectivity index (χ0v) is 9.34. The molecule has 0 bridgehead atoms. The molecule has 0 aliphatic carbocycles. The SMILES string of the molecule is C[C@H](C=O)Nc1ccc2c(C#N)nccc2c1. The van der Waals surface area contributed by atoms with E-state index in [1.807, 2.05) is 24.3 Å². The molecule has 0 aliphatic rings. The number of carbonyl (C=O) groups excluding carboxylic acids is 1. The van der Waals surface area contributed by atoms with Crippen molar-refractivity contribution in [3.05, 3.63) is 36.2 Å². The molecular formula is C13H11N3O. The van der Waals surface area contributed by atoms with E-state index in [4.69, 9.17) is 5.26 Å². The molecule has 17 heavy (non-hydrogen) atoms. The Labute approximate surface area is 98.9 Å². The quantitative estimate of drug-likeness (QED) is 0.812. The van der Waals surface area contributed by atoms with Gasteiger partial charge in [0, 0.05) is 17.3 Å². The van der Waals surface area contributed by atoms with E-state index in [2.05, 4.69) is 16.4 Å². The first-order valence-electron chi connectivity index (χ1n) is 5.25.